The van der Waals surface area contributed by atoms with Gasteiger partial charge in [0.15, 0.2) is 11.5 Å². The Labute approximate surface area is 150 Å². The summed E-state index contributed by atoms with van der Waals surface area (Å²) in [4.78, 5) is 0.110. The monoisotopic (exact) mass is 421 g/mol. The van der Waals surface area contributed by atoms with E-state index in [4.69, 9.17) is 0 Å². The van der Waals surface area contributed by atoms with Gasteiger partial charge in [-0.05, 0) is 47.7 Å². The molecule has 0 bridgehead atoms. The highest BCUT2D eigenvalue weighted by atomic mass is 79.9. The number of benzene rings is 1. The van der Waals surface area contributed by atoms with Crippen molar-refractivity contribution in [3.05, 3.63) is 44.6 Å². The van der Waals surface area contributed by atoms with E-state index in [1.807, 2.05) is 0 Å². The van der Waals surface area contributed by atoms with E-state index < -0.39 is 11.1 Å². The molecule has 1 aromatic heterocycles. The molecule has 0 spiro atoms. The van der Waals surface area contributed by atoms with Crippen LogP contribution in [-0.2, 0) is 19.1 Å². The molecule has 1 aliphatic carbocycles. The molecular weight excluding hydrogens is 407 g/mol. The Balaban J connectivity index is 0.00000169. The van der Waals surface area contributed by atoms with Crippen molar-refractivity contribution in [2.45, 2.75) is 37.5 Å². The number of rotatable bonds is 0. The second-order valence-electron chi connectivity index (χ2n) is 6.03. The van der Waals surface area contributed by atoms with Crippen LogP contribution in [0.4, 0.5) is 13.2 Å². The van der Waals surface area contributed by atoms with Gasteiger partial charge in [0, 0.05) is 23.4 Å². The minimum absolute atomic E-state index is 0. The molecule has 3 nitrogen and oxygen atoms in total. The van der Waals surface area contributed by atoms with Crippen LogP contribution in [0.3, 0.4) is 0 Å². The van der Waals surface area contributed by atoms with E-state index in [9.17, 15) is 23.4 Å². The summed E-state index contributed by atoms with van der Waals surface area (Å²) in [5, 5.41) is 22.8. The molecule has 3 N–H and O–H groups in total. The van der Waals surface area contributed by atoms with Crippen LogP contribution in [0.5, 0.6) is 11.5 Å². The minimum Gasteiger partial charge on any atom is -0.504 e. The molecule has 24 heavy (non-hydrogen) atoms. The van der Waals surface area contributed by atoms with Crippen LogP contribution in [0.15, 0.2) is 18.2 Å². The SMILES string of the molecule is Br.Oc1cc2c(cc1O)C1c3cc(C(F)(F)F)sc3CNC1CC2. The standard InChI is InChI=1S/C16H14F3NO2S.BrH/c17-16(18,19)14-5-9-13(23-14)6-20-10-2-1-7-3-11(21)12(22)4-8(7)15(9)10;/h3-5,10,15,20-22H,1-2,6H2;1H. The fourth-order valence-corrected chi connectivity index (χ4v) is 4.67. The van der Waals surface area contributed by atoms with Crippen molar-refractivity contribution in [2.24, 2.45) is 0 Å². The van der Waals surface area contributed by atoms with Gasteiger partial charge in [-0.15, -0.1) is 28.3 Å². The summed E-state index contributed by atoms with van der Waals surface area (Å²) >= 11 is 0.781. The molecule has 1 aromatic carbocycles. The third-order valence-corrected chi connectivity index (χ3v) is 5.88. The number of phenols is 2. The zero-order valence-electron chi connectivity index (χ0n) is 12.4. The Bertz CT molecular complexity index is 790. The van der Waals surface area contributed by atoms with Gasteiger partial charge in [0.25, 0.3) is 0 Å². The first-order valence-corrected chi connectivity index (χ1v) is 8.14. The van der Waals surface area contributed by atoms with Crippen LogP contribution >= 0.6 is 28.3 Å². The minimum atomic E-state index is -4.34. The summed E-state index contributed by atoms with van der Waals surface area (Å²) < 4.78 is 39.1. The Hall–Kier alpha value is -1.25. The van der Waals surface area contributed by atoms with Crippen molar-refractivity contribution in [1.29, 1.82) is 0 Å². The van der Waals surface area contributed by atoms with Crippen molar-refractivity contribution in [3.63, 3.8) is 0 Å². The Morgan fingerprint density at radius 3 is 2.50 bits per heavy atom. The van der Waals surface area contributed by atoms with Crippen molar-refractivity contribution < 1.29 is 23.4 Å². The average Bonchev–Trinajstić information content (AvgIpc) is 2.92. The predicted molar refractivity (Wildman–Crippen MR) is 90.2 cm³/mol. The molecule has 2 heterocycles. The highest BCUT2D eigenvalue weighted by Crippen LogP contribution is 2.48. The van der Waals surface area contributed by atoms with Crippen LogP contribution in [0.2, 0.25) is 0 Å². The van der Waals surface area contributed by atoms with Gasteiger partial charge in [-0.1, -0.05) is 0 Å². The molecule has 2 unspecified atom stereocenters. The summed E-state index contributed by atoms with van der Waals surface area (Å²) in [5.74, 6) is -0.642. The second-order valence-corrected chi connectivity index (χ2v) is 7.17. The quantitative estimate of drug-likeness (QED) is 0.555. The summed E-state index contributed by atoms with van der Waals surface area (Å²) in [5.41, 5.74) is 2.38. The van der Waals surface area contributed by atoms with Gasteiger partial charge in [0.2, 0.25) is 0 Å². The number of phenolic OH excluding ortho intramolecular Hbond substituents is 2. The molecule has 0 saturated carbocycles. The number of alkyl halides is 3. The first-order chi connectivity index (χ1) is 10.8. The number of aryl methyl sites for hydroxylation is 1. The Morgan fingerprint density at radius 2 is 1.79 bits per heavy atom. The van der Waals surface area contributed by atoms with Gasteiger partial charge >= 0.3 is 6.18 Å². The first-order valence-electron chi connectivity index (χ1n) is 7.32. The molecule has 1 aliphatic heterocycles. The lowest BCUT2D eigenvalue weighted by atomic mass is 9.74. The summed E-state index contributed by atoms with van der Waals surface area (Å²) in [6, 6.07) is 4.31. The molecule has 0 saturated heterocycles. The number of halogens is 4. The summed E-state index contributed by atoms with van der Waals surface area (Å²) in [6.07, 6.45) is -2.83. The fraction of sp³-hybridized carbons (Fsp3) is 0.375. The maximum Gasteiger partial charge on any atom is 0.425 e. The van der Waals surface area contributed by atoms with Crippen LogP contribution in [0.1, 0.15) is 38.8 Å². The smallest absolute Gasteiger partial charge is 0.425 e. The zero-order valence-corrected chi connectivity index (χ0v) is 14.9. The summed E-state index contributed by atoms with van der Waals surface area (Å²) in [6.45, 7) is 0.441. The maximum absolute atomic E-state index is 13.0. The lowest BCUT2D eigenvalue weighted by Gasteiger charge is -2.38. The molecule has 0 radical (unpaired) electrons. The third-order valence-electron chi connectivity index (χ3n) is 4.68. The van der Waals surface area contributed by atoms with Crippen LogP contribution in [-0.4, -0.2) is 16.3 Å². The normalized spacial score (nSPS) is 22.1. The van der Waals surface area contributed by atoms with E-state index in [2.05, 4.69) is 5.32 Å². The maximum atomic E-state index is 13.0. The van der Waals surface area contributed by atoms with Gasteiger partial charge in [-0.25, -0.2) is 0 Å². The Morgan fingerprint density at radius 1 is 1.08 bits per heavy atom. The average molecular weight is 422 g/mol. The molecule has 2 aliphatic rings. The molecular formula is C16H15BrF3NO2S. The van der Waals surface area contributed by atoms with Crippen molar-refractivity contribution >= 4 is 28.3 Å². The van der Waals surface area contributed by atoms with Gasteiger partial charge in [-0.2, -0.15) is 13.2 Å². The number of hydrogen-bond acceptors (Lipinski definition) is 4. The van der Waals surface area contributed by atoms with E-state index in [1.165, 1.54) is 18.2 Å². The number of hydrogen-bond donors (Lipinski definition) is 3. The number of aromatic hydroxyl groups is 2. The molecule has 2 aromatic rings. The molecule has 130 valence electrons. The van der Waals surface area contributed by atoms with E-state index in [0.29, 0.717) is 17.0 Å². The number of thiophene rings is 1. The second kappa shape index (κ2) is 5.93. The molecule has 0 fully saturated rings. The lowest BCUT2D eigenvalue weighted by Crippen LogP contribution is -2.41. The van der Waals surface area contributed by atoms with Crippen LogP contribution in [0, 0.1) is 0 Å². The summed E-state index contributed by atoms with van der Waals surface area (Å²) in [7, 11) is 0. The van der Waals surface area contributed by atoms with E-state index in [0.717, 1.165) is 35.3 Å². The van der Waals surface area contributed by atoms with E-state index in [1.54, 1.807) is 0 Å². The Kier molecular flexibility index (Phi) is 4.34. The van der Waals surface area contributed by atoms with Gasteiger partial charge < -0.3 is 15.5 Å². The molecule has 2 atom stereocenters. The molecule has 8 heteroatoms. The van der Waals surface area contributed by atoms with Gasteiger partial charge in [-0.3, -0.25) is 0 Å². The largest absolute Gasteiger partial charge is 0.504 e. The fourth-order valence-electron chi connectivity index (χ4n) is 3.65. The van der Waals surface area contributed by atoms with Crippen LogP contribution < -0.4 is 5.32 Å². The van der Waals surface area contributed by atoms with Crippen molar-refractivity contribution in [1.82, 2.24) is 5.32 Å². The van der Waals surface area contributed by atoms with Crippen LogP contribution in [0.25, 0.3) is 0 Å². The number of fused-ring (bicyclic) bond motifs is 5. The lowest BCUT2D eigenvalue weighted by molar-refractivity contribution is -0.134. The topological polar surface area (TPSA) is 52.5 Å². The predicted octanol–water partition coefficient (Wildman–Crippen LogP) is 4.31. The van der Waals surface area contributed by atoms with Crippen molar-refractivity contribution in [3.8, 4) is 11.5 Å². The third kappa shape index (κ3) is 2.70. The van der Waals surface area contributed by atoms with Gasteiger partial charge in [0.1, 0.15) is 4.88 Å². The first kappa shape index (κ1) is 17.6. The molecule has 0 amide bonds. The van der Waals surface area contributed by atoms with E-state index in [-0.39, 0.29) is 40.4 Å². The number of nitrogens with one attached hydrogen (secondary N) is 1. The molecule has 4 rings (SSSR count). The van der Waals surface area contributed by atoms with E-state index >= 15 is 0 Å². The zero-order chi connectivity index (χ0) is 16.4. The van der Waals surface area contributed by atoms with Crippen molar-refractivity contribution in [2.75, 3.05) is 0 Å². The highest BCUT2D eigenvalue weighted by molar-refractivity contribution is 8.93. The highest BCUT2D eigenvalue weighted by Gasteiger charge is 2.40. The van der Waals surface area contributed by atoms with Gasteiger partial charge in [0.05, 0.1) is 0 Å².